The van der Waals surface area contributed by atoms with E-state index in [4.69, 9.17) is 24.7 Å². The fraction of sp³-hybridized carbons (Fsp3) is 0.667. The fourth-order valence-corrected chi connectivity index (χ4v) is 3.40. The third kappa shape index (κ3) is 4.25. The molecule has 140 valence electrons. The average molecular weight is 374 g/mol. The van der Waals surface area contributed by atoms with Crippen molar-refractivity contribution in [1.82, 2.24) is 4.90 Å². The highest BCUT2D eigenvalue weighted by Crippen LogP contribution is 2.39. The molecule has 0 aromatic rings. The Morgan fingerprint density at radius 3 is 2.60 bits per heavy atom. The molecular weight excluding hydrogens is 352 g/mol. The number of esters is 1. The van der Waals surface area contributed by atoms with Gasteiger partial charge in [-0.15, -0.1) is 11.8 Å². The summed E-state index contributed by atoms with van der Waals surface area (Å²) in [4.78, 5) is 36.8. The second-order valence-corrected chi connectivity index (χ2v) is 7.68. The van der Waals surface area contributed by atoms with Crippen LogP contribution in [0.15, 0.2) is 11.5 Å². The Hall–Kier alpha value is -1.78. The van der Waals surface area contributed by atoms with E-state index in [1.165, 1.54) is 23.8 Å². The molecule has 1 fully saturated rings. The molecule has 25 heavy (non-hydrogen) atoms. The molecule has 0 radical (unpaired) electrons. The number of carbonyl (C=O) groups excluding carboxylic acids is 3. The molecular formula is C15H22N2O7S. The summed E-state index contributed by atoms with van der Waals surface area (Å²) in [6.07, 6.45) is -1.08. The number of methoxy groups -OCH3 is 1. The van der Waals surface area contributed by atoms with Gasteiger partial charge in [0.1, 0.15) is 11.4 Å². The Morgan fingerprint density at radius 2 is 2.00 bits per heavy atom. The number of carbonyl (C=O) groups is 3. The lowest BCUT2D eigenvalue weighted by Crippen LogP contribution is -2.68. The van der Waals surface area contributed by atoms with E-state index < -0.39 is 30.4 Å². The summed E-state index contributed by atoms with van der Waals surface area (Å²) in [5, 5.41) is -0.283. The number of amides is 1. The number of β-lactam (4-membered cyclic amide) rings is 1. The van der Waals surface area contributed by atoms with Crippen LogP contribution in [0.5, 0.6) is 0 Å². The third-order valence-electron chi connectivity index (χ3n) is 3.51. The normalized spacial score (nSPS) is 22.9. The van der Waals surface area contributed by atoms with E-state index in [0.717, 1.165) is 0 Å². The Kier molecular flexibility index (Phi) is 5.96. The molecule has 1 saturated heterocycles. The summed E-state index contributed by atoms with van der Waals surface area (Å²) in [6.45, 7) is 4.64. The molecule has 0 spiro atoms. The zero-order valence-electron chi connectivity index (χ0n) is 14.6. The number of nitrogens with two attached hydrogens (primary N) is 1. The average Bonchev–Trinajstić information content (AvgIpc) is 2.54. The van der Waals surface area contributed by atoms with Crippen molar-refractivity contribution in [1.29, 1.82) is 0 Å². The minimum absolute atomic E-state index is 0.0736. The fourth-order valence-electron chi connectivity index (χ4n) is 2.15. The van der Waals surface area contributed by atoms with E-state index in [0.29, 0.717) is 11.3 Å². The topological polar surface area (TPSA) is 117 Å². The lowest BCUT2D eigenvalue weighted by atomic mass is 9.98. The van der Waals surface area contributed by atoms with Gasteiger partial charge in [-0.1, -0.05) is 0 Å². The van der Waals surface area contributed by atoms with E-state index in [-0.39, 0.29) is 23.8 Å². The van der Waals surface area contributed by atoms with E-state index >= 15 is 0 Å². The summed E-state index contributed by atoms with van der Waals surface area (Å²) in [5.74, 6) is -0.271. The molecule has 2 rings (SSSR count). The first kappa shape index (κ1) is 19.5. The Morgan fingerprint density at radius 1 is 1.32 bits per heavy atom. The largest absolute Gasteiger partial charge is 0.518 e. The van der Waals surface area contributed by atoms with Gasteiger partial charge in [0.05, 0.1) is 12.0 Å². The first-order chi connectivity index (χ1) is 11.7. The number of rotatable bonds is 5. The Labute approximate surface area is 149 Å². The highest BCUT2D eigenvalue weighted by molar-refractivity contribution is 8.00. The van der Waals surface area contributed by atoms with Gasteiger partial charge in [0, 0.05) is 18.4 Å². The maximum absolute atomic E-state index is 12.0. The first-order valence-corrected chi connectivity index (χ1v) is 8.64. The number of hydrogen-bond acceptors (Lipinski definition) is 9. The monoisotopic (exact) mass is 374 g/mol. The van der Waals surface area contributed by atoms with Gasteiger partial charge in [0.25, 0.3) is 0 Å². The summed E-state index contributed by atoms with van der Waals surface area (Å²) < 4.78 is 19.8. The SMILES string of the molecule is COCC1=C(OC(=O)OCOC(=O)C(C)(C)C)N2C(=O)C(N)[C@@H]2SC1. The van der Waals surface area contributed by atoms with Crippen LogP contribution in [0.25, 0.3) is 0 Å². The van der Waals surface area contributed by atoms with Crippen LogP contribution in [0.4, 0.5) is 4.79 Å². The number of ether oxygens (including phenoxy) is 4. The van der Waals surface area contributed by atoms with Crippen LogP contribution in [0.1, 0.15) is 20.8 Å². The van der Waals surface area contributed by atoms with Crippen LogP contribution in [0, 0.1) is 5.41 Å². The Bertz CT molecular complexity index is 599. The zero-order valence-corrected chi connectivity index (χ0v) is 15.4. The lowest BCUT2D eigenvalue weighted by molar-refractivity contribution is -0.162. The molecule has 0 saturated carbocycles. The summed E-state index contributed by atoms with van der Waals surface area (Å²) in [6, 6.07) is -0.628. The van der Waals surface area contributed by atoms with Gasteiger partial charge < -0.3 is 24.7 Å². The zero-order chi connectivity index (χ0) is 18.8. The third-order valence-corrected chi connectivity index (χ3v) is 4.87. The van der Waals surface area contributed by atoms with Crippen molar-refractivity contribution in [2.45, 2.75) is 32.2 Å². The molecule has 0 bridgehead atoms. The molecule has 9 nitrogen and oxygen atoms in total. The number of hydrogen-bond donors (Lipinski definition) is 1. The van der Waals surface area contributed by atoms with Gasteiger partial charge in [-0.25, -0.2) is 4.79 Å². The molecule has 2 aliphatic rings. The molecule has 0 aliphatic carbocycles. The van der Waals surface area contributed by atoms with E-state index in [2.05, 4.69) is 0 Å². The van der Waals surface area contributed by atoms with Crippen LogP contribution in [-0.2, 0) is 28.5 Å². The van der Waals surface area contributed by atoms with Gasteiger partial charge in [-0.2, -0.15) is 0 Å². The molecule has 2 atom stereocenters. The maximum Gasteiger partial charge on any atom is 0.518 e. The molecule has 2 heterocycles. The van der Waals surface area contributed by atoms with Crippen molar-refractivity contribution < 1.29 is 33.3 Å². The van der Waals surface area contributed by atoms with Crippen LogP contribution in [-0.4, -0.2) is 60.6 Å². The molecule has 0 aromatic carbocycles. The summed E-state index contributed by atoms with van der Waals surface area (Å²) in [7, 11) is 1.50. The molecule has 10 heteroatoms. The Balaban J connectivity index is 1.96. The second-order valence-electron chi connectivity index (χ2n) is 6.57. The van der Waals surface area contributed by atoms with Crippen molar-refractivity contribution in [3.05, 3.63) is 11.5 Å². The van der Waals surface area contributed by atoms with Crippen LogP contribution >= 0.6 is 11.8 Å². The van der Waals surface area contributed by atoms with Crippen molar-refractivity contribution in [3.8, 4) is 0 Å². The minimum Gasteiger partial charge on any atom is -0.427 e. The quantitative estimate of drug-likeness (QED) is 0.423. The molecule has 2 N–H and O–H groups in total. The van der Waals surface area contributed by atoms with Crippen LogP contribution < -0.4 is 5.73 Å². The number of thioether (sulfide) groups is 1. The molecule has 1 amide bonds. The predicted molar refractivity (Wildman–Crippen MR) is 87.9 cm³/mol. The van der Waals surface area contributed by atoms with E-state index in [1.807, 2.05) is 0 Å². The maximum atomic E-state index is 12.0. The highest BCUT2D eigenvalue weighted by Gasteiger charge is 2.51. The van der Waals surface area contributed by atoms with E-state index in [9.17, 15) is 14.4 Å². The van der Waals surface area contributed by atoms with Gasteiger partial charge in [-0.05, 0) is 20.8 Å². The lowest BCUT2D eigenvalue weighted by Gasteiger charge is -2.47. The van der Waals surface area contributed by atoms with Gasteiger partial charge in [-0.3, -0.25) is 14.5 Å². The first-order valence-electron chi connectivity index (χ1n) is 7.60. The highest BCUT2D eigenvalue weighted by atomic mass is 32.2. The van der Waals surface area contributed by atoms with Crippen LogP contribution in [0.2, 0.25) is 0 Å². The van der Waals surface area contributed by atoms with Gasteiger partial charge in [0.15, 0.2) is 0 Å². The number of nitrogens with zero attached hydrogens (tertiary/aromatic N) is 1. The summed E-state index contributed by atoms with van der Waals surface area (Å²) >= 11 is 1.47. The van der Waals surface area contributed by atoms with Crippen molar-refractivity contribution in [2.75, 3.05) is 26.3 Å². The standard InChI is InChI=1S/C15H22N2O7S/c1-15(2,3)13(19)22-7-23-14(20)24-11-8(5-21-4)6-25-12-9(16)10(18)17(11)12/h9,12H,5-7,16H2,1-4H3/t9?,12-/m0/s1. The van der Waals surface area contributed by atoms with Crippen LogP contribution in [0.3, 0.4) is 0 Å². The van der Waals surface area contributed by atoms with Crippen molar-refractivity contribution in [3.63, 3.8) is 0 Å². The minimum atomic E-state index is -1.08. The molecule has 0 aromatic heterocycles. The van der Waals surface area contributed by atoms with Gasteiger partial charge >= 0.3 is 12.1 Å². The second kappa shape index (κ2) is 7.63. The van der Waals surface area contributed by atoms with Crippen molar-refractivity contribution >= 4 is 29.8 Å². The molecule has 1 unspecified atom stereocenters. The smallest absolute Gasteiger partial charge is 0.427 e. The number of fused-ring (bicyclic) bond motifs is 1. The van der Waals surface area contributed by atoms with Crippen molar-refractivity contribution in [2.24, 2.45) is 11.1 Å². The van der Waals surface area contributed by atoms with Gasteiger partial charge in [0.2, 0.25) is 18.6 Å². The van der Waals surface area contributed by atoms with E-state index in [1.54, 1.807) is 20.8 Å². The summed E-state index contributed by atoms with van der Waals surface area (Å²) in [5.41, 5.74) is 5.67. The molecule has 2 aliphatic heterocycles. The predicted octanol–water partition coefficient (Wildman–Crippen LogP) is 0.787.